The maximum absolute atomic E-state index is 13.4. The molecule has 2 atom stereocenters. The van der Waals surface area contributed by atoms with Gasteiger partial charge in [0, 0.05) is 13.1 Å². The number of esters is 2. The van der Waals surface area contributed by atoms with E-state index in [2.05, 4.69) is 0 Å². The fraction of sp³-hybridized carbons (Fsp3) is 0.348. The maximum atomic E-state index is 13.4. The van der Waals surface area contributed by atoms with Crippen LogP contribution in [0.2, 0.25) is 0 Å². The molecule has 1 aliphatic rings. The van der Waals surface area contributed by atoms with Gasteiger partial charge in [0.25, 0.3) is 0 Å². The number of nitrogens with zero attached hydrogens (tertiary/aromatic N) is 2. The summed E-state index contributed by atoms with van der Waals surface area (Å²) in [6.07, 6.45) is 0. The Morgan fingerprint density at radius 2 is 1.10 bits per heavy atom. The lowest BCUT2D eigenvalue weighted by Gasteiger charge is -2.25. The van der Waals surface area contributed by atoms with Crippen molar-refractivity contribution >= 4 is 18.0 Å². The van der Waals surface area contributed by atoms with Crippen LogP contribution in [0.5, 0.6) is 0 Å². The molecule has 0 aromatic heterocycles. The highest BCUT2D eigenvalue weighted by Crippen LogP contribution is 2.29. The van der Waals surface area contributed by atoms with Crippen LogP contribution < -0.4 is 0 Å². The van der Waals surface area contributed by atoms with Crippen LogP contribution in [-0.2, 0) is 32.2 Å². The molecule has 3 rings (SSSR count). The Bertz CT molecular complexity index is 800. The molecule has 0 aliphatic carbocycles. The largest absolute Gasteiger partial charge is 0.464 e. The van der Waals surface area contributed by atoms with Crippen LogP contribution in [0.1, 0.15) is 25.0 Å². The summed E-state index contributed by atoms with van der Waals surface area (Å²) < 4.78 is 10.5. The number of ether oxygens (including phenoxy) is 2. The van der Waals surface area contributed by atoms with E-state index in [9.17, 15) is 14.4 Å². The third kappa shape index (κ3) is 4.62. The van der Waals surface area contributed by atoms with Gasteiger partial charge in [-0.05, 0) is 25.0 Å². The predicted octanol–water partition coefficient (Wildman–Crippen LogP) is 2.99. The summed E-state index contributed by atoms with van der Waals surface area (Å²) in [5.74, 6) is -1.23. The molecule has 0 spiro atoms. The van der Waals surface area contributed by atoms with Gasteiger partial charge in [-0.3, -0.25) is 0 Å². The Labute approximate surface area is 176 Å². The SMILES string of the molecule is CCOC(=O)[C@@H]1[C@H](C(=O)OCC)N(Cc2ccccc2)C(=O)N1Cc1ccccc1. The van der Waals surface area contributed by atoms with Crippen molar-refractivity contribution in [2.75, 3.05) is 13.2 Å². The second-order valence-electron chi connectivity index (χ2n) is 6.90. The fourth-order valence-corrected chi connectivity index (χ4v) is 3.60. The minimum absolute atomic E-state index is 0.150. The highest BCUT2D eigenvalue weighted by Gasteiger charge is 2.54. The summed E-state index contributed by atoms with van der Waals surface area (Å²) in [7, 11) is 0. The van der Waals surface area contributed by atoms with Gasteiger partial charge in [-0.25, -0.2) is 14.4 Å². The number of hydrogen-bond acceptors (Lipinski definition) is 5. The molecule has 0 bridgehead atoms. The third-order valence-corrected chi connectivity index (χ3v) is 4.91. The van der Waals surface area contributed by atoms with E-state index in [1.807, 2.05) is 60.7 Å². The van der Waals surface area contributed by atoms with Gasteiger partial charge in [-0.2, -0.15) is 0 Å². The number of urea groups is 1. The van der Waals surface area contributed by atoms with E-state index in [0.29, 0.717) is 0 Å². The van der Waals surface area contributed by atoms with Gasteiger partial charge in [0.15, 0.2) is 12.1 Å². The van der Waals surface area contributed by atoms with Gasteiger partial charge < -0.3 is 19.3 Å². The first-order valence-corrected chi connectivity index (χ1v) is 10.0. The lowest BCUT2D eigenvalue weighted by Crippen LogP contribution is -2.49. The van der Waals surface area contributed by atoms with Crippen molar-refractivity contribution in [3.05, 3.63) is 71.8 Å². The molecular formula is C23H26N2O5. The molecule has 7 heteroatoms. The highest BCUT2D eigenvalue weighted by atomic mass is 16.5. The topological polar surface area (TPSA) is 76.2 Å². The first kappa shape index (κ1) is 21.4. The summed E-state index contributed by atoms with van der Waals surface area (Å²) in [5.41, 5.74) is 1.70. The number of hydrogen-bond donors (Lipinski definition) is 0. The molecule has 0 unspecified atom stereocenters. The Hall–Kier alpha value is -3.35. The van der Waals surface area contributed by atoms with E-state index in [4.69, 9.17) is 9.47 Å². The zero-order valence-corrected chi connectivity index (χ0v) is 17.2. The van der Waals surface area contributed by atoms with Crippen molar-refractivity contribution in [2.45, 2.75) is 39.0 Å². The van der Waals surface area contributed by atoms with Gasteiger partial charge in [-0.15, -0.1) is 0 Å². The molecule has 7 nitrogen and oxygen atoms in total. The van der Waals surface area contributed by atoms with Gasteiger partial charge in [0.1, 0.15) is 0 Å². The molecule has 0 saturated carbocycles. The molecule has 1 heterocycles. The van der Waals surface area contributed by atoms with Crippen LogP contribution in [0, 0.1) is 0 Å². The molecule has 2 aromatic carbocycles. The predicted molar refractivity (Wildman–Crippen MR) is 110 cm³/mol. The molecule has 1 saturated heterocycles. The summed E-state index contributed by atoms with van der Waals surface area (Å²) in [6, 6.07) is 16.1. The fourth-order valence-electron chi connectivity index (χ4n) is 3.60. The quantitative estimate of drug-likeness (QED) is 0.626. The smallest absolute Gasteiger partial charge is 0.331 e. The summed E-state index contributed by atoms with van der Waals surface area (Å²) in [6.45, 7) is 4.05. The number of carbonyl (C=O) groups excluding carboxylic acids is 3. The van der Waals surface area contributed by atoms with Crippen molar-refractivity contribution in [3.63, 3.8) is 0 Å². The van der Waals surface area contributed by atoms with E-state index < -0.39 is 30.1 Å². The average molecular weight is 410 g/mol. The third-order valence-electron chi connectivity index (χ3n) is 4.91. The monoisotopic (exact) mass is 410 g/mol. The highest BCUT2D eigenvalue weighted by molar-refractivity contribution is 5.97. The molecule has 158 valence electrons. The maximum Gasteiger partial charge on any atom is 0.331 e. The molecule has 1 fully saturated rings. The second-order valence-corrected chi connectivity index (χ2v) is 6.90. The number of carbonyl (C=O) groups is 3. The normalized spacial score (nSPS) is 18.4. The Balaban J connectivity index is 1.99. The Morgan fingerprint density at radius 1 is 0.733 bits per heavy atom. The van der Waals surface area contributed by atoms with Gasteiger partial charge in [0.2, 0.25) is 0 Å². The molecule has 0 radical (unpaired) electrons. The molecule has 2 amide bonds. The van der Waals surface area contributed by atoms with Crippen LogP contribution in [0.4, 0.5) is 4.79 Å². The Morgan fingerprint density at radius 3 is 1.43 bits per heavy atom. The van der Waals surface area contributed by atoms with Crippen molar-refractivity contribution in [1.29, 1.82) is 0 Å². The van der Waals surface area contributed by atoms with Crippen molar-refractivity contribution in [3.8, 4) is 0 Å². The minimum atomic E-state index is -1.08. The van der Waals surface area contributed by atoms with Gasteiger partial charge >= 0.3 is 18.0 Å². The number of rotatable bonds is 8. The molecule has 30 heavy (non-hydrogen) atoms. The molecule has 1 aliphatic heterocycles. The summed E-state index contributed by atoms with van der Waals surface area (Å²) in [5, 5.41) is 0. The van der Waals surface area contributed by atoms with Crippen LogP contribution in [0.3, 0.4) is 0 Å². The van der Waals surface area contributed by atoms with Crippen LogP contribution >= 0.6 is 0 Å². The van der Waals surface area contributed by atoms with Crippen molar-refractivity contribution in [2.24, 2.45) is 0 Å². The molecule has 0 N–H and O–H groups in total. The lowest BCUT2D eigenvalue weighted by atomic mass is 10.1. The number of amides is 2. The van der Waals surface area contributed by atoms with Crippen LogP contribution in [-0.4, -0.2) is 53.1 Å². The Kier molecular flexibility index (Phi) is 7.06. The van der Waals surface area contributed by atoms with Crippen LogP contribution in [0.15, 0.2) is 60.7 Å². The first-order valence-electron chi connectivity index (χ1n) is 10.0. The average Bonchev–Trinajstić information content (AvgIpc) is 3.02. The standard InChI is InChI=1S/C23H26N2O5/c1-3-29-21(26)19-20(22(27)30-4-2)25(16-18-13-9-6-10-14-18)23(28)24(19)15-17-11-7-5-8-12-17/h5-14,19-20H,3-4,15-16H2,1-2H3/t19-,20+. The zero-order valence-electron chi connectivity index (χ0n) is 17.2. The molecular weight excluding hydrogens is 384 g/mol. The number of benzene rings is 2. The van der Waals surface area contributed by atoms with E-state index in [0.717, 1.165) is 11.1 Å². The van der Waals surface area contributed by atoms with E-state index >= 15 is 0 Å². The first-order chi connectivity index (χ1) is 14.6. The van der Waals surface area contributed by atoms with E-state index in [1.54, 1.807) is 13.8 Å². The van der Waals surface area contributed by atoms with Gasteiger partial charge in [0.05, 0.1) is 13.2 Å². The summed E-state index contributed by atoms with van der Waals surface area (Å²) >= 11 is 0. The molecule has 2 aromatic rings. The van der Waals surface area contributed by atoms with Crippen molar-refractivity contribution in [1.82, 2.24) is 9.80 Å². The minimum Gasteiger partial charge on any atom is -0.464 e. The van der Waals surface area contributed by atoms with E-state index in [1.165, 1.54) is 9.80 Å². The van der Waals surface area contributed by atoms with E-state index in [-0.39, 0.29) is 26.3 Å². The zero-order chi connectivity index (χ0) is 21.5. The second kappa shape index (κ2) is 9.91. The van der Waals surface area contributed by atoms with Gasteiger partial charge in [-0.1, -0.05) is 60.7 Å². The summed E-state index contributed by atoms with van der Waals surface area (Å²) in [4.78, 5) is 41.9. The van der Waals surface area contributed by atoms with Crippen LogP contribution in [0.25, 0.3) is 0 Å². The lowest BCUT2D eigenvalue weighted by molar-refractivity contribution is -0.157. The van der Waals surface area contributed by atoms with Crippen molar-refractivity contribution < 1.29 is 23.9 Å².